The molecule has 0 aliphatic carbocycles. The Hall–Kier alpha value is -3.14. The van der Waals surface area contributed by atoms with Crippen molar-refractivity contribution in [1.82, 2.24) is 25.5 Å². The number of nitrogens with zero attached hydrogens (tertiary/aromatic N) is 4. The molecule has 3 aromatic rings. The summed E-state index contributed by atoms with van der Waals surface area (Å²) in [6.07, 6.45) is 1.44. The Morgan fingerprint density at radius 3 is 2.50 bits per heavy atom. The highest BCUT2D eigenvalue weighted by Gasteiger charge is 2.17. The first kappa shape index (κ1) is 17.7. The third kappa shape index (κ3) is 3.45. The van der Waals surface area contributed by atoms with Crippen molar-refractivity contribution in [3.63, 3.8) is 0 Å². The number of rotatable bonds is 7. The fourth-order valence-electron chi connectivity index (χ4n) is 2.42. The van der Waals surface area contributed by atoms with Crippen molar-refractivity contribution in [3.8, 4) is 22.9 Å². The van der Waals surface area contributed by atoms with Gasteiger partial charge < -0.3 is 19.5 Å². The van der Waals surface area contributed by atoms with Crippen LogP contribution in [0.4, 0.5) is 0 Å². The summed E-state index contributed by atoms with van der Waals surface area (Å²) in [5.41, 5.74) is 1.44. The standard InChI is InChI=1S/C16H17N5O4S/c1-23-12-6-10(7-13(24-2)14(12)25-3)8-17-16(22)15-11(4-5-26-15)21-9-18-19-20-21/h4-7,9H,8H2,1-3H3,(H,17,22). The second-order valence-corrected chi connectivity index (χ2v) is 6.02. The minimum absolute atomic E-state index is 0.223. The van der Waals surface area contributed by atoms with Crippen LogP contribution in [-0.4, -0.2) is 47.4 Å². The van der Waals surface area contributed by atoms with E-state index in [0.29, 0.717) is 34.4 Å². The van der Waals surface area contributed by atoms with Gasteiger partial charge in [-0.05, 0) is 39.6 Å². The molecule has 9 nitrogen and oxygen atoms in total. The van der Waals surface area contributed by atoms with E-state index in [-0.39, 0.29) is 5.91 Å². The highest BCUT2D eigenvalue weighted by Crippen LogP contribution is 2.38. The summed E-state index contributed by atoms with van der Waals surface area (Å²) in [5.74, 6) is 1.34. The van der Waals surface area contributed by atoms with Gasteiger partial charge in [-0.2, -0.15) is 4.68 Å². The number of methoxy groups -OCH3 is 3. The number of amides is 1. The zero-order valence-electron chi connectivity index (χ0n) is 14.4. The van der Waals surface area contributed by atoms with Crippen molar-refractivity contribution in [2.24, 2.45) is 0 Å². The lowest BCUT2D eigenvalue weighted by molar-refractivity contribution is 0.0954. The minimum Gasteiger partial charge on any atom is -0.493 e. The number of aromatic nitrogens is 4. The van der Waals surface area contributed by atoms with Crippen LogP contribution in [0, 0.1) is 0 Å². The van der Waals surface area contributed by atoms with E-state index in [1.807, 2.05) is 5.38 Å². The van der Waals surface area contributed by atoms with Gasteiger partial charge >= 0.3 is 0 Å². The number of ether oxygens (including phenoxy) is 3. The molecule has 0 unspecified atom stereocenters. The molecule has 1 N–H and O–H groups in total. The predicted molar refractivity (Wildman–Crippen MR) is 94.3 cm³/mol. The van der Waals surface area contributed by atoms with Crippen LogP contribution in [0.25, 0.3) is 5.69 Å². The molecule has 136 valence electrons. The first-order chi connectivity index (χ1) is 12.7. The molecule has 1 aromatic carbocycles. The number of nitrogens with one attached hydrogen (secondary N) is 1. The molecule has 1 amide bonds. The zero-order valence-corrected chi connectivity index (χ0v) is 15.2. The lowest BCUT2D eigenvalue weighted by Crippen LogP contribution is -2.23. The number of carbonyl (C=O) groups is 1. The Bertz CT molecular complexity index is 869. The van der Waals surface area contributed by atoms with Crippen LogP contribution in [0.2, 0.25) is 0 Å². The number of thiophene rings is 1. The summed E-state index contributed by atoms with van der Waals surface area (Å²) in [5, 5.41) is 15.7. The first-order valence-corrected chi connectivity index (χ1v) is 8.43. The molecule has 2 aromatic heterocycles. The maximum Gasteiger partial charge on any atom is 0.263 e. The highest BCUT2D eigenvalue weighted by molar-refractivity contribution is 7.12. The molecule has 2 heterocycles. The van der Waals surface area contributed by atoms with E-state index in [1.165, 1.54) is 22.3 Å². The average molecular weight is 375 g/mol. The van der Waals surface area contributed by atoms with E-state index >= 15 is 0 Å². The summed E-state index contributed by atoms with van der Waals surface area (Å²) < 4.78 is 17.4. The van der Waals surface area contributed by atoms with Crippen molar-refractivity contribution in [1.29, 1.82) is 0 Å². The number of hydrogen-bond acceptors (Lipinski definition) is 8. The van der Waals surface area contributed by atoms with Crippen LogP contribution in [0.15, 0.2) is 29.9 Å². The van der Waals surface area contributed by atoms with Gasteiger partial charge in [-0.15, -0.1) is 16.4 Å². The van der Waals surface area contributed by atoms with Crippen molar-refractivity contribution in [2.75, 3.05) is 21.3 Å². The summed E-state index contributed by atoms with van der Waals surface area (Å²) in [6, 6.07) is 5.37. The summed E-state index contributed by atoms with van der Waals surface area (Å²) >= 11 is 1.31. The van der Waals surface area contributed by atoms with Crippen molar-refractivity contribution in [2.45, 2.75) is 6.54 Å². The molecular weight excluding hydrogens is 358 g/mol. The largest absolute Gasteiger partial charge is 0.493 e. The molecule has 0 aliphatic rings. The van der Waals surface area contributed by atoms with Crippen LogP contribution in [-0.2, 0) is 6.54 Å². The zero-order chi connectivity index (χ0) is 18.5. The van der Waals surface area contributed by atoms with Gasteiger partial charge in [0.25, 0.3) is 5.91 Å². The van der Waals surface area contributed by atoms with E-state index in [2.05, 4.69) is 20.8 Å². The van der Waals surface area contributed by atoms with Crippen molar-refractivity contribution < 1.29 is 19.0 Å². The molecule has 0 saturated heterocycles. The van der Waals surface area contributed by atoms with Gasteiger partial charge in [-0.1, -0.05) is 0 Å². The quantitative estimate of drug-likeness (QED) is 0.670. The second-order valence-electron chi connectivity index (χ2n) is 5.11. The Kier molecular flexibility index (Phi) is 5.32. The van der Waals surface area contributed by atoms with Crippen LogP contribution in [0.3, 0.4) is 0 Å². The smallest absolute Gasteiger partial charge is 0.263 e. The second kappa shape index (κ2) is 7.83. The Labute approximate surface area is 153 Å². The molecule has 0 saturated carbocycles. The molecule has 0 radical (unpaired) electrons. The van der Waals surface area contributed by atoms with E-state index < -0.39 is 0 Å². The molecule has 0 aliphatic heterocycles. The van der Waals surface area contributed by atoms with Gasteiger partial charge in [0.05, 0.1) is 27.0 Å². The molecular formula is C16H17N5O4S. The summed E-state index contributed by atoms with van der Waals surface area (Å²) in [4.78, 5) is 13.1. The van der Waals surface area contributed by atoms with Crippen LogP contribution in [0.5, 0.6) is 17.2 Å². The minimum atomic E-state index is -0.223. The van der Waals surface area contributed by atoms with Gasteiger partial charge in [-0.25, -0.2) is 0 Å². The van der Waals surface area contributed by atoms with E-state index in [1.54, 1.807) is 39.5 Å². The van der Waals surface area contributed by atoms with E-state index in [9.17, 15) is 4.79 Å². The first-order valence-electron chi connectivity index (χ1n) is 7.55. The molecule has 0 spiro atoms. The van der Waals surface area contributed by atoms with Crippen LogP contribution in [0.1, 0.15) is 15.2 Å². The van der Waals surface area contributed by atoms with Crippen molar-refractivity contribution in [3.05, 3.63) is 40.3 Å². The highest BCUT2D eigenvalue weighted by atomic mass is 32.1. The molecule has 0 atom stereocenters. The van der Waals surface area contributed by atoms with Crippen LogP contribution >= 0.6 is 11.3 Å². The van der Waals surface area contributed by atoms with Crippen LogP contribution < -0.4 is 19.5 Å². The van der Waals surface area contributed by atoms with Gasteiger partial charge in [0.15, 0.2) is 11.5 Å². The van der Waals surface area contributed by atoms with E-state index in [4.69, 9.17) is 14.2 Å². The Morgan fingerprint density at radius 2 is 1.92 bits per heavy atom. The normalized spacial score (nSPS) is 10.4. The third-order valence-corrected chi connectivity index (χ3v) is 4.53. The number of tetrazole rings is 1. The van der Waals surface area contributed by atoms with Gasteiger partial charge in [0.1, 0.15) is 11.2 Å². The van der Waals surface area contributed by atoms with Gasteiger partial charge in [-0.3, -0.25) is 4.79 Å². The SMILES string of the molecule is COc1cc(CNC(=O)c2sccc2-n2cnnn2)cc(OC)c1OC. The fourth-order valence-corrected chi connectivity index (χ4v) is 3.22. The topological polar surface area (TPSA) is 100 Å². The number of benzene rings is 1. The van der Waals surface area contributed by atoms with Crippen molar-refractivity contribution >= 4 is 17.2 Å². The fraction of sp³-hybridized carbons (Fsp3) is 0.250. The van der Waals surface area contributed by atoms with Gasteiger partial charge in [0.2, 0.25) is 5.75 Å². The maximum atomic E-state index is 12.6. The average Bonchev–Trinajstić information content (AvgIpc) is 3.35. The Balaban J connectivity index is 1.78. The van der Waals surface area contributed by atoms with E-state index in [0.717, 1.165) is 5.56 Å². The maximum absolute atomic E-state index is 12.6. The molecule has 0 fully saturated rings. The Morgan fingerprint density at radius 1 is 1.19 bits per heavy atom. The lowest BCUT2D eigenvalue weighted by Gasteiger charge is -2.14. The third-order valence-electron chi connectivity index (χ3n) is 3.62. The number of hydrogen-bond donors (Lipinski definition) is 1. The summed E-state index contributed by atoms with van der Waals surface area (Å²) in [6.45, 7) is 0.294. The monoisotopic (exact) mass is 375 g/mol. The molecule has 26 heavy (non-hydrogen) atoms. The predicted octanol–water partition coefficient (Wildman–Crippen LogP) is 1.68. The lowest BCUT2D eigenvalue weighted by atomic mass is 10.1. The molecule has 10 heteroatoms. The molecule has 0 bridgehead atoms. The molecule has 3 rings (SSSR count). The number of carbonyl (C=O) groups excluding carboxylic acids is 1. The van der Waals surface area contributed by atoms with Gasteiger partial charge in [0, 0.05) is 6.54 Å². The summed E-state index contributed by atoms with van der Waals surface area (Å²) in [7, 11) is 4.63.